The van der Waals surface area contributed by atoms with Gasteiger partial charge in [0, 0.05) is 0 Å². The smallest absolute Gasteiger partial charge is 0.373 e. The normalized spacial score (nSPS) is 11.6. The second-order valence-corrected chi connectivity index (χ2v) is 9.48. The van der Waals surface area contributed by atoms with Gasteiger partial charge in [0.25, 0.3) is 0 Å². The van der Waals surface area contributed by atoms with Crippen LogP contribution < -0.4 is 0 Å². The number of unbranched alkanes of at least 4 members (excludes halogenated alkanes) is 7. The number of esters is 2. The summed E-state index contributed by atoms with van der Waals surface area (Å²) in [6, 6.07) is 16.1. The molecule has 6 nitrogen and oxygen atoms in total. The van der Waals surface area contributed by atoms with Crippen molar-refractivity contribution in [3.63, 3.8) is 0 Å². The SMILES string of the molecule is CCCCCC(CC)OC(=O)c1ccccc1O.CCCCCCCCOC(=O)C(=Cc1ccccc1)OC. The molecule has 0 radical (unpaired) electrons. The number of phenols is 1. The Morgan fingerprint density at radius 3 is 2.08 bits per heavy atom. The Hall–Kier alpha value is -3.28. The minimum absolute atomic E-state index is 0.0223. The van der Waals surface area contributed by atoms with Crippen LogP contribution in [0.1, 0.15) is 107 Å². The van der Waals surface area contributed by atoms with Crippen molar-refractivity contribution in [2.75, 3.05) is 13.7 Å². The number of aromatic hydroxyl groups is 1. The van der Waals surface area contributed by atoms with Gasteiger partial charge in [-0.05, 0) is 49.5 Å². The van der Waals surface area contributed by atoms with Gasteiger partial charge in [-0.25, -0.2) is 9.59 Å². The molecule has 6 heteroatoms. The molecule has 0 saturated carbocycles. The van der Waals surface area contributed by atoms with Crippen LogP contribution in [0, 0.1) is 0 Å². The van der Waals surface area contributed by atoms with E-state index in [-0.39, 0.29) is 23.2 Å². The van der Waals surface area contributed by atoms with Gasteiger partial charge in [0.15, 0.2) is 0 Å². The van der Waals surface area contributed by atoms with E-state index >= 15 is 0 Å². The Bertz CT molecular complexity index is 954. The van der Waals surface area contributed by atoms with Crippen LogP contribution in [0.15, 0.2) is 60.4 Å². The number of rotatable bonds is 17. The number of hydrogen-bond donors (Lipinski definition) is 1. The first-order valence-electron chi connectivity index (χ1n) is 14.4. The molecule has 2 aromatic rings. The van der Waals surface area contributed by atoms with Gasteiger partial charge >= 0.3 is 11.9 Å². The zero-order valence-corrected chi connectivity index (χ0v) is 24.3. The van der Waals surface area contributed by atoms with Crippen LogP contribution in [-0.2, 0) is 19.0 Å². The lowest BCUT2D eigenvalue weighted by Crippen LogP contribution is -2.17. The van der Waals surface area contributed by atoms with Crippen molar-refractivity contribution in [3.8, 4) is 5.75 Å². The Balaban J connectivity index is 0.000000395. The van der Waals surface area contributed by atoms with Crippen LogP contribution in [0.3, 0.4) is 0 Å². The van der Waals surface area contributed by atoms with Crippen molar-refractivity contribution in [1.29, 1.82) is 0 Å². The summed E-state index contributed by atoms with van der Waals surface area (Å²) in [6.45, 7) is 6.82. The van der Waals surface area contributed by atoms with Crippen LogP contribution in [0.2, 0.25) is 0 Å². The average Bonchev–Trinajstić information content (AvgIpc) is 2.96. The lowest BCUT2D eigenvalue weighted by atomic mass is 10.1. The van der Waals surface area contributed by atoms with Gasteiger partial charge in [-0.2, -0.15) is 0 Å². The molecule has 0 aliphatic carbocycles. The second kappa shape index (κ2) is 21.6. The number of ether oxygens (including phenoxy) is 3. The first-order valence-corrected chi connectivity index (χ1v) is 14.4. The van der Waals surface area contributed by atoms with E-state index in [0.29, 0.717) is 6.61 Å². The lowest BCUT2D eigenvalue weighted by molar-refractivity contribution is -0.142. The number of phenolic OH excluding ortho intramolecular Hbond substituents is 1. The maximum absolute atomic E-state index is 11.9. The molecule has 0 spiro atoms. The first kappa shape index (κ1) is 33.7. The number of carbonyl (C=O) groups is 2. The monoisotopic (exact) mass is 540 g/mol. The van der Waals surface area contributed by atoms with E-state index in [1.807, 2.05) is 37.3 Å². The standard InChI is InChI=1S/C18H26O3.C15H22O3/c1-3-4-5-6-7-11-14-21-18(19)17(20-2)15-16-12-9-8-10-13-16;1-3-5-6-9-12(4-2)18-15(17)13-10-7-8-11-14(13)16/h8-10,12-13,15H,3-7,11,14H2,1-2H3;7-8,10-12,16H,3-6,9H2,1-2H3. The third-order valence-electron chi connectivity index (χ3n) is 6.23. The van der Waals surface area contributed by atoms with Crippen molar-refractivity contribution >= 4 is 18.0 Å². The van der Waals surface area contributed by atoms with Gasteiger partial charge in [-0.3, -0.25) is 0 Å². The molecule has 0 saturated heterocycles. The summed E-state index contributed by atoms with van der Waals surface area (Å²) in [5, 5.41) is 9.58. The van der Waals surface area contributed by atoms with E-state index in [4.69, 9.17) is 14.2 Å². The van der Waals surface area contributed by atoms with E-state index in [2.05, 4.69) is 13.8 Å². The fourth-order valence-corrected chi connectivity index (χ4v) is 3.85. The lowest BCUT2D eigenvalue weighted by Gasteiger charge is -2.16. The number of methoxy groups -OCH3 is 1. The molecule has 0 aliphatic heterocycles. The van der Waals surface area contributed by atoms with Crippen LogP contribution >= 0.6 is 0 Å². The maximum atomic E-state index is 11.9. The molecule has 2 aromatic carbocycles. The van der Waals surface area contributed by atoms with E-state index < -0.39 is 11.9 Å². The summed E-state index contributed by atoms with van der Waals surface area (Å²) in [5.41, 5.74) is 1.16. The quantitative estimate of drug-likeness (QED) is 0.0937. The zero-order valence-electron chi connectivity index (χ0n) is 24.3. The second-order valence-electron chi connectivity index (χ2n) is 9.48. The summed E-state index contributed by atoms with van der Waals surface area (Å²) in [4.78, 5) is 23.8. The van der Waals surface area contributed by atoms with Crippen molar-refractivity contribution in [3.05, 3.63) is 71.5 Å². The minimum Gasteiger partial charge on any atom is -0.507 e. The van der Waals surface area contributed by atoms with E-state index in [0.717, 1.165) is 50.5 Å². The first-order chi connectivity index (χ1) is 19.0. The Labute approximate surface area is 235 Å². The fourth-order valence-electron chi connectivity index (χ4n) is 3.85. The fraction of sp³-hybridized carbons (Fsp3) is 0.515. The summed E-state index contributed by atoms with van der Waals surface area (Å²) < 4.78 is 15.8. The Kier molecular flexibility index (Phi) is 18.7. The van der Waals surface area contributed by atoms with Crippen molar-refractivity contribution in [2.24, 2.45) is 0 Å². The molecule has 0 aromatic heterocycles. The molecule has 2 rings (SSSR count). The summed E-state index contributed by atoms with van der Waals surface area (Å²) in [6.07, 6.45) is 13.8. The molecule has 1 atom stereocenters. The van der Waals surface area contributed by atoms with Crippen molar-refractivity contribution in [2.45, 2.75) is 97.5 Å². The molecule has 1 unspecified atom stereocenters. The maximum Gasteiger partial charge on any atom is 0.373 e. The third-order valence-corrected chi connectivity index (χ3v) is 6.23. The molecular weight excluding hydrogens is 492 g/mol. The predicted octanol–water partition coefficient (Wildman–Crippen LogP) is 8.49. The van der Waals surface area contributed by atoms with Crippen molar-refractivity contribution < 1.29 is 28.9 Å². The van der Waals surface area contributed by atoms with Gasteiger partial charge in [0.2, 0.25) is 5.76 Å². The number of benzene rings is 2. The summed E-state index contributed by atoms with van der Waals surface area (Å²) >= 11 is 0. The number of para-hydroxylation sites is 1. The van der Waals surface area contributed by atoms with Gasteiger partial charge in [0.1, 0.15) is 17.4 Å². The van der Waals surface area contributed by atoms with Crippen LogP contribution in [-0.4, -0.2) is 36.9 Å². The molecule has 0 fully saturated rings. The van der Waals surface area contributed by atoms with Crippen LogP contribution in [0.5, 0.6) is 5.75 Å². The van der Waals surface area contributed by atoms with Gasteiger partial charge in [-0.1, -0.05) is 108 Å². The molecule has 39 heavy (non-hydrogen) atoms. The largest absolute Gasteiger partial charge is 0.507 e. The molecule has 0 heterocycles. The Morgan fingerprint density at radius 1 is 0.821 bits per heavy atom. The molecule has 0 amide bonds. The molecule has 1 N–H and O–H groups in total. The van der Waals surface area contributed by atoms with Gasteiger partial charge < -0.3 is 19.3 Å². The molecule has 0 aliphatic rings. The minimum atomic E-state index is -0.434. The van der Waals surface area contributed by atoms with Crippen LogP contribution in [0.4, 0.5) is 0 Å². The summed E-state index contributed by atoms with van der Waals surface area (Å²) in [7, 11) is 1.49. The van der Waals surface area contributed by atoms with Gasteiger partial charge in [-0.15, -0.1) is 0 Å². The zero-order chi connectivity index (χ0) is 28.7. The van der Waals surface area contributed by atoms with E-state index in [1.165, 1.54) is 38.9 Å². The average molecular weight is 541 g/mol. The highest BCUT2D eigenvalue weighted by Crippen LogP contribution is 2.19. The molecule has 216 valence electrons. The van der Waals surface area contributed by atoms with Gasteiger partial charge in [0.05, 0.1) is 13.7 Å². The Morgan fingerprint density at radius 2 is 1.44 bits per heavy atom. The highest BCUT2D eigenvalue weighted by atomic mass is 16.6. The predicted molar refractivity (Wildman–Crippen MR) is 158 cm³/mol. The molecule has 0 bridgehead atoms. The highest BCUT2D eigenvalue weighted by molar-refractivity contribution is 5.92. The molecular formula is C33H48O6. The van der Waals surface area contributed by atoms with Crippen LogP contribution in [0.25, 0.3) is 6.08 Å². The van der Waals surface area contributed by atoms with E-state index in [1.54, 1.807) is 24.3 Å². The topological polar surface area (TPSA) is 82.1 Å². The third kappa shape index (κ3) is 15.0. The number of hydrogen-bond acceptors (Lipinski definition) is 6. The van der Waals surface area contributed by atoms with Crippen molar-refractivity contribution in [1.82, 2.24) is 0 Å². The number of carbonyl (C=O) groups excluding carboxylic acids is 2. The van der Waals surface area contributed by atoms with E-state index in [9.17, 15) is 14.7 Å². The highest BCUT2D eigenvalue weighted by Gasteiger charge is 2.16. The summed E-state index contributed by atoms with van der Waals surface area (Å²) in [5.74, 6) is -0.607.